The molecule has 63 valence electrons. The van der Waals surface area contributed by atoms with Gasteiger partial charge < -0.3 is 5.32 Å². The third kappa shape index (κ3) is 2.48. The molecule has 0 bridgehead atoms. The van der Waals surface area contributed by atoms with E-state index < -0.39 is 0 Å². The molecular formula is C7H14N3O. The summed E-state index contributed by atoms with van der Waals surface area (Å²) in [7, 11) is 2.00. The van der Waals surface area contributed by atoms with Crippen molar-refractivity contribution in [1.82, 2.24) is 15.5 Å². The maximum Gasteiger partial charge on any atom is 0.218 e. The monoisotopic (exact) mass is 156 g/mol. The number of piperazine rings is 1. The van der Waals surface area contributed by atoms with E-state index in [9.17, 15) is 4.79 Å². The number of hydrogen-bond acceptors (Lipinski definition) is 2. The Kier molecular flexibility index (Phi) is 2.84. The molecule has 0 aromatic carbocycles. The molecule has 1 fully saturated rings. The number of rotatable bonds is 1. The SMILES string of the molecule is CC(=O)NC1C[N]CCN1C. The average molecular weight is 156 g/mol. The van der Waals surface area contributed by atoms with E-state index in [1.165, 1.54) is 6.92 Å². The van der Waals surface area contributed by atoms with Crippen LogP contribution in [0.15, 0.2) is 0 Å². The fourth-order valence-electron chi connectivity index (χ4n) is 1.13. The molecule has 4 nitrogen and oxygen atoms in total. The summed E-state index contributed by atoms with van der Waals surface area (Å²) in [5.74, 6) is 0.0129. The third-order valence-electron chi connectivity index (χ3n) is 1.81. The first-order valence-corrected chi connectivity index (χ1v) is 3.81. The van der Waals surface area contributed by atoms with E-state index in [2.05, 4.69) is 15.5 Å². The van der Waals surface area contributed by atoms with Gasteiger partial charge >= 0.3 is 0 Å². The van der Waals surface area contributed by atoms with Crippen molar-refractivity contribution >= 4 is 5.91 Å². The van der Waals surface area contributed by atoms with Crippen LogP contribution in [0, 0.1) is 0 Å². The van der Waals surface area contributed by atoms with Gasteiger partial charge in [-0.15, -0.1) is 0 Å². The first-order chi connectivity index (χ1) is 5.20. The Labute approximate surface area is 66.9 Å². The van der Waals surface area contributed by atoms with Crippen molar-refractivity contribution in [1.29, 1.82) is 0 Å². The first kappa shape index (κ1) is 8.49. The number of amides is 1. The molecular weight excluding hydrogens is 142 g/mol. The summed E-state index contributed by atoms with van der Waals surface area (Å²) in [5.41, 5.74) is 0. The lowest BCUT2D eigenvalue weighted by atomic mass is 10.3. The molecule has 0 aromatic heterocycles. The van der Waals surface area contributed by atoms with Crippen molar-refractivity contribution in [3.8, 4) is 0 Å². The van der Waals surface area contributed by atoms with Crippen LogP contribution in [0.3, 0.4) is 0 Å². The Hall–Kier alpha value is -0.610. The van der Waals surface area contributed by atoms with Crippen LogP contribution in [0.1, 0.15) is 6.92 Å². The molecule has 1 N–H and O–H groups in total. The lowest BCUT2D eigenvalue weighted by Crippen LogP contribution is -2.55. The molecule has 1 aliphatic rings. The lowest BCUT2D eigenvalue weighted by Gasteiger charge is -2.32. The summed E-state index contributed by atoms with van der Waals surface area (Å²) in [5, 5.41) is 7.03. The predicted molar refractivity (Wildman–Crippen MR) is 42.1 cm³/mol. The quantitative estimate of drug-likeness (QED) is 0.529. The van der Waals surface area contributed by atoms with Crippen molar-refractivity contribution in [2.45, 2.75) is 13.1 Å². The van der Waals surface area contributed by atoms with Crippen LogP contribution < -0.4 is 10.6 Å². The summed E-state index contributed by atoms with van der Waals surface area (Å²) in [6.07, 6.45) is 0.112. The minimum atomic E-state index is 0.0129. The van der Waals surface area contributed by atoms with Gasteiger partial charge in [0.25, 0.3) is 0 Å². The van der Waals surface area contributed by atoms with Gasteiger partial charge in [-0.2, -0.15) is 0 Å². The minimum absolute atomic E-state index is 0.0129. The van der Waals surface area contributed by atoms with Crippen molar-refractivity contribution in [3.63, 3.8) is 0 Å². The van der Waals surface area contributed by atoms with Gasteiger partial charge in [0.1, 0.15) is 0 Å². The fourth-order valence-corrected chi connectivity index (χ4v) is 1.13. The van der Waals surface area contributed by atoms with Crippen LogP contribution in [0.2, 0.25) is 0 Å². The number of hydrogen-bond donors (Lipinski definition) is 1. The van der Waals surface area contributed by atoms with E-state index in [-0.39, 0.29) is 12.1 Å². The van der Waals surface area contributed by atoms with E-state index in [0.717, 1.165) is 19.6 Å². The molecule has 4 heteroatoms. The number of likely N-dealkylation sites (N-methyl/N-ethyl adjacent to an activating group) is 1. The van der Waals surface area contributed by atoms with Crippen LogP contribution in [-0.4, -0.2) is 43.7 Å². The zero-order valence-electron chi connectivity index (χ0n) is 7.00. The van der Waals surface area contributed by atoms with Gasteiger partial charge in [0.2, 0.25) is 5.91 Å². The Morgan fingerprint density at radius 2 is 2.45 bits per heavy atom. The van der Waals surface area contributed by atoms with Crippen molar-refractivity contribution in [3.05, 3.63) is 0 Å². The maximum absolute atomic E-state index is 10.7. The highest BCUT2D eigenvalue weighted by molar-refractivity contribution is 5.73. The molecule has 1 atom stereocenters. The van der Waals surface area contributed by atoms with E-state index >= 15 is 0 Å². The van der Waals surface area contributed by atoms with Crippen molar-refractivity contribution < 1.29 is 4.79 Å². The predicted octanol–water partition coefficient (Wildman–Crippen LogP) is -1.00. The largest absolute Gasteiger partial charge is 0.339 e. The van der Waals surface area contributed by atoms with Gasteiger partial charge in [-0.3, -0.25) is 9.69 Å². The first-order valence-electron chi connectivity index (χ1n) is 3.81. The number of carbonyl (C=O) groups excluding carboxylic acids is 1. The Morgan fingerprint density at radius 1 is 1.73 bits per heavy atom. The highest BCUT2D eigenvalue weighted by Gasteiger charge is 2.18. The summed E-state index contributed by atoms with van der Waals surface area (Å²) in [6, 6.07) is 0. The highest BCUT2D eigenvalue weighted by atomic mass is 16.1. The summed E-state index contributed by atoms with van der Waals surface area (Å²) in [4.78, 5) is 12.8. The Balaban J connectivity index is 2.35. The second kappa shape index (κ2) is 3.69. The minimum Gasteiger partial charge on any atom is -0.339 e. The second-order valence-electron chi connectivity index (χ2n) is 2.83. The van der Waals surface area contributed by atoms with E-state index in [4.69, 9.17) is 0 Å². The van der Waals surface area contributed by atoms with Crippen LogP contribution in [-0.2, 0) is 4.79 Å². The maximum atomic E-state index is 10.7. The second-order valence-corrected chi connectivity index (χ2v) is 2.83. The van der Waals surface area contributed by atoms with Crippen molar-refractivity contribution in [2.24, 2.45) is 0 Å². The van der Waals surface area contributed by atoms with Gasteiger partial charge in [-0.05, 0) is 7.05 Å². The van der Waals surface area contributed by atoms with Gasteiger partial charge in [0.15, 0.2) is 0 Å². The fraction of sp³-hybridized carbons (Fsp3) is 0.857. The molecule has 0 aliphatic carbocycles. The third-order valence-corrected chi connectivity index (χ3v) is 1.81. The highest BCUT2D eigenvalue weighted by Crippen LogP contribution is 1.96. The summed E-state index contributed by atoms with van der Waals surface area (Å²) >= 11 is 0. The van der Waals surface area contributed by atoms with Gasteiger partial charge in [-0.25, -0.2) is 5.32 Å². The zero-order valence-corrected chi connectivity index (χ0v) is 7.00. The summed E-state index contributed by atoms with van der Waals surface area (Å²) < 4.78 is 0. The molecule has 1 rings (SSSR count). The van der Waals surface area contributed by atoms with E-state index in [0.29, 0.717) is 0 Å². The molecule has 1 aliphatic heterocycles. The topological polar surface area (TPSA) is 46.4 Å². The number of carbonyl (C=O) groups is 1. The van der Waals surface area contributed by atoms with Crippen molar-refractivity contribution in [2.75, 3.05) is 26.7 Å². The molecule has 11 heavy (non-hydrogen) atoms. The molecule has 1 heterocycles. The average Bonchev–Trinajstić information content (AvgIpc) is 1.93. The molecule has 0 aromatic rings. The molecule has 0 spiro atoms. The Morgan fingerprint density at radius 3 is 3.00 bits per heavy atom. The molecule has 1 saturated heterocycles. The smallest absolute Gasteiger partial charge is 0.218 e. The number of nitrogens with zero attached hydrogens (tertiary/aromatic N) is 2. The molecule has 1 unspecified atom stereocenters. The van der Waals surface area contributed by atoms with Crippen LogP contribution in [0.25, 0.3) is 0 Å². The lowest BCUT2D eigenvalue weighted by molar-refractivity contribution is -0.121. The van der Waals surface area contributed by atoms with Gasteiger partial charge in [0, 0.05) is 26.6 Å². The molecule has 1 radical (unpaired) electrons. The van der Waals surface area contributed by atoms with E-state index in [1.807, 2.05) is 7.05 Å². The van der Waals surface area contributed by atoms with Gasteiger partial charge in [0.05, 0.1) is 6.17 Å². The molecule has 1 amide bonds. The van der Waals surface area contributed by atoms with Crippen LogP contribution >= 0.6 is 0 Å². The Bertz CT molecular complexity index is 149. The van der Waals surface area contributed by atoms with Crippen LogP contribution in [0.5, 0.6) is 0 Å². The molecule has 0 saturated carbocycles. The normalized spacial score (nSPS) is 26.5. The summed E-state index contributed by atoms with van der Waals surface area (Å²) in [6.45, 7) is 4.07. The van der Waals surface area contributed by atoms with Gasteiger partial charge in [-0.1, -0.05) is 0 Å². The van der Waals surface area contributed by atoms with Crippen LogP contribution in [0.4, 0.5) is 0 Å². The van der Waals surface area contributed by atoms with E-state index in [1.54, 1.807) is 0 Å². The zero-order chi connectivity index (χ0) is 8.27. The number of nitrogens with one attached hydrogen (secondary N) is 1. The standard InChI is InChI=1S/C7H14N3O/c1-6(11)9-7-5-8-3-4-10(7)2/h7H,3-5H2,1-2H3,(H,9,11).